The lowest BCUT2D eigenvalue weighted by Crippen LogP contribution is -2.32. The first-order chi connectivity index (χ1) is 16.9. The summed E-state index contributed by atoms with van der Waals surface area (Å²) >= 11 is 0. The Morgan fingerprint density at radius 1 is 1.09 bits per heavy atom. The number of Topliss-reactive ketones (excluding diaryl/α,β-unsaturated/α-hetero) is 1. The fourth-order valence-corrected chi connectivity index (χ4v) is 4.61. The molecular weight excluding hydrogens is 450 g/mol. The van der Waals surface area contributed by atoms with Crippen LogP contribution in [0.15, 0.2) is 42.0 Å². The minimum Gasteiger partial charge on any atom is -0.507 e. The summed E-state index contributed by atoms with van der Waals surface area (Å²) in [5, 5.41) is 11.3. The number of ether oxygens (including phenoxy) is 4. The predicted octanol–water partition coefficient (Wildman–Crippen LogP) is 3.88. The highest BCUT2D eigenvalue weighted by Crippen LogP contribution is 2.42. The van der Waals surface area contributed by atoms with Gasteiger partial charge in [0.1, 0.15) is 17.6 Å². The molecule has 2 aromatic carbocycles. The van der Waals surface area contributed by atoms with Crippen molar-refractivity contribution in [3.63, 3.8) is 0 Å². The van der Waals surface area contributed by atoms with Crippen LogP contribution in [0.1, 0.15) is 43.5 Å². The molecule has 0 aromatic heterocycles. The molecule has 0 saturated carbocycles. The number of benzene rings is 2. The molecule has 186 valence electrons. The summed E-state index contributed by atoms with van der Waals surface area (Å²) in [6.45, 7) is 7.04. The van der Waals surface area contributed by atoms with E-state index in [2.05, 4.69) is 0 Å². The predicted molar refractivity (Wildman–Crippen MR) is 130 cm³/mol. The Labute approximate surface area is 205 Å². The molecule has 2 atom stereocenters. The van der Waals surface area contributed by atoms with Gasteiger partial charge in [-0.25, -0.2) is 0 Å². The third-order valence-electron chi connectivity index (χ3n) is 6.13. The Morgan fingerprint density at radius 2 is 1.83 bits per heavy atom. The first-order valence-corrected chi connectivity index (χ1v) is 11.9. The molecule has 1 N–H and O–H groups in total. The van der Waals surface area contributed by atoms with Crippen molar-refractivity contribution in [3.05, 3.63) is 58.7 Å². The van der Waals surface area contributed by atoms with Crippen LogP contribution in [0.4, 0.5) is 0 Å². The van der Waals surface area contributed by atoms with Crippen molar-refractivity contribution in [2.24, 2.45) is 0 Å². The Bertz CT molecular complexity index is 1160. The van der Waals surface area contributed by atoms with Gasteiger partial charge in [0, 0.05) is 25.6 Å². The van der Waals surface area contributed by atoms with Gasteiger partial charge in [0.2, 0.25) is 0 Å². The molecule has 1 amide bonds. The van der Waals surface area contributed by atoms with Gasteiger partial charge in [-0.3, -0.25) is 9.59 Å². The van der Waals surface area contributed by atoms with Gasteiger partial charge in [-0.1, -0.05) is 6.07 Å². The van der Waals surface area contributed by atoms with Crippen LogP contribution in [-0.4, -0.2) is 61.3 Å². The third-order valence-corrected chi connectivity index (χ3v) is 6.13. The zero-order valence-corrected chi connectivity index (χ0v) is 20.5. The Balaban J connectivity index is 1.84. The van der Waals surface area contributed by atoms with Gasteiger partial charge >= 0.3 is 0 Å². The standard InChI is InChI=1S/C27H31NO7/c1-5-33-21-10-7-17(15-22(21)34-6-2)24-23(26(30)27(31)28(24)11-12-32-4)25(29)18-8-9-20-19(14-18)13-16(3)35-20/h7-10,14-16,24,29H,5-6,11-13H2,1-4H3/b25-23+/t16-,24+/m1/s1. The number of amides is 1. The van der Waals surface area contributed by atoms with E-state index in [1.54, 1.807) is 30.3 Å². The summed E-state index contributed by atoms with van der Waals surface area (Å²) in [7, 11) is 1.53. The number of hydrogen-bond acceptors (Lipinski definition) is 7. The maximum absolute atomic E-state index is 13.2. The fourth-order valence-electron chi connectivity index (χ4n) is 4.61. The van der Waals surface area contributed by atoms with Crippen molar-refractivity contribution in [1.82, 2.24) is 4.90 Å². The van der Waals surface area contributed by atoms with Gasteiger partial charge in [-0.05, 0) is 62.2 Å². The summed E-state index contributed by atoms with van der Waals surface area (Å²) in [5.41, 5.74) is 2.08. The molecule has 2 heterocycles. The molecule has 2 aromatic rings. The number of nitrogens with zero attached hydrogens (tertiary/aromatic N) is 1. The lowest BCUT2D eigenvalue weighted by Gasteiger charge is -2.26. The van der Waals surface area contributed by atoms with Crippen LogP contribution >= 0.6 is 0 Å². The van der Waals surface area contributed by atoms with E-state index < -0.39 is 17.7 Å². The van der Waals surface area contributed by atoms with Gasteiger partial charge < -0.3 is 29.0 Å². The van der Waals surface area contributed by atoms with Crippen LogP contribution in [0.3, 0.4) is 0 Å². The second kappa shape index (κ2) is 10.4. The van der Waals surface area contributed by atoms with Crippen molar-refractivity contribution in [2.75, 3.05) is 33.5 Å². The van der Waals surface area contributed by atoms with Crippen molar-refractivity contribution >= 4 is 17.4 Å². The lowest BCUT2D eigenvalue weighted by atomic mass is 9.94. The number of methoxy groups -OCH3 is 1. The van der Waals surface area contributed by atoms with Crippen molar-refractivity contribution in [2.45, 2.75) is 39.3 Å². The third kappa shape index (κ3) is 4.71. The van der Waals surface area contributed by atoms with Gasteiger partial charge in [0.15, 0.2) is 11.5 Å². The molecule has 0 bridgehead atoms. The number of aliphatic hydroxyl groups excluding tert-OH is 1. The quantitative estimate of drug-likeness (QED) is 0.330. The lowest BCUT2D eigenvalue weighted by molar-refractivity contribution is -0.140. The van der Waals surface area contributed by atoms with E-state index in [0.29, 0.717) is 42.3 Å². The molecule has 0 aliphatic carbocycles. The number of carbonyl (C=O) groups is 2. The molecule has 1 fully saturated rings. The summed E-state index contributed by atoms with van der Waals surface area (Å²) in [4.78, 5) is 27.7. The summed E-state index contributed by atoms with van der Waals surface area (Å²) < 4.78 is 22.4. The van der Waals surface area contributed by atoms with E-state index in [0.717, 1.165) is 11.3 Å². The zero-order valence-electron chi connectivity index (χ0n) is 20.5. The van der Waals surface area contributed by atoms with Crippen LogP contribution in [0.5, 0.6) is 17.2 Å². The maximum atomic E-state index is 13.2. The smallest absolute Gasteiger partial charge is 0.295 e. The average molecular weight is 482 g/mol. The van der Waals surface area contributed by atoms with E-state index >= 15 is 0 Å². The Morgan fingerprint density at radius 3 is 2.54 bits per heavy atom. The molecule has 2 aliphatic rings. The van der Waals surface area contributed by atoms with Crippen LogP contribution in [0.2, 0.25) is 0 Å². The van der Waals surface area contributed by atoms with Crippen LogP contribution in [0, 0.1) is 0 Å². The fraction of sp³-hybridized carbons (Fsp3) is 0.407. The number of fused-ring (bicyclic) bond motifs is 1. The van der Waals surface area contributed by atoms with Gasteiger partial charge in [0.05, 0.1) is 31.4 Å². The minimum atomic E-state index is -0.802. The largest absolute Gasteiger partial charge is 0.507 e. The molecular formula is C27H31NO7. The van der Waals surface area contributed by atoms with Crippen LogP contribution in [-0.2, 0) is 20.7 Å². The number of aliphatic hydroxyl groups is 1. The number of hydrogen-bond donors (Lipinski definition) is 1. The molecule has 1 saturated heterocycles. The topological polar surface area (TPSA) is 94.5 Å². The highest BCUT2D eigenvalue weighted by atomic mass is 16.5. The van der Waals surface area contributed by atoms with E-state index in [1.807, 2.05) is 26.8 Å². The zero-order chi connectivity index (χ0) is 25.1. The highest BCUT2D eigenvalue weighted by Gasteiger charge is 2.46. The summed E-state index contributed by atoms with van der Waals surface area (Å²) in [6, 6.07) is 9.81. The van der Waals surface area contributed by atoms with Crippen LogP contribution < -0.4 is 14.2 Å². The van der Waals surface area contributed by atoms with Gasteiger partial charge in [-0.15, -0.1) is 0 Å². The number of carbonyl (C=O) groups excluding carboxylic acids is 2. The number of likely N-dealkylation sites (tertiary alicyclic amines) is 1. The molecule has 0 radical (unpaired) electrons. The average Bonchev–Trinajstić information content (AvgIpc) is 3.34. The molecule has 0 unspecified atom stereocenters. The van der Waals surface area contributed by atoms with Crippen molar-refractivity contribution in [3.8, 4) is 17.2 Å². The normalized spacial score (nSPS) is 20.6. The van der Waals surface area contributed by atoms with Gasteiger partial charge in [0.25, 0.3) is 11.7 Å². The van der Waals surface area contributed by atoms with Crippen LogP contribution in [0.25, 0.3) is 5.76 Å². The second-order valence-corrected chi connectivity index (χ2v) is 8.51. The summed E-state index contributed by atoms with van der Waals surface area (Å²) in [5.74, 6) is 0.202. The van der Waals surface area contributed by atoms with E-state index in [1.165, 1.54) is 12.0 Å². The molecule has 8 heteroatoms. The number of rotatable bonds is 9. The molecule has 4 rings (SSSR count). The Kier molecular flexibility index (Phi) is 7.31. The van der Waals surface area contributed by atoms with Crippen molar-refractivity contribution < 1.29 is 33.6 Å². The van der Waals surface area contributed by atoms with E-state index in [-0.39, 0.29) is 30.6 Å². The minimum absolute atomic E-state index is 0.0321. The molecule has 35 heavy (non-hydrogen) atoms. The van der Waals surface area contributed by atoms with E-state index in [4.69, 9.17) is 18.9 Å². The molecule has 8 nitrogen and oxygen atoms in total. The monoisotopic (exact) mass is 481 g/mol. The first-order valence-electron chi connectivity index (χ1n) is 11.9. The Hall–Kier alpha value is -3.52. The van der Waals surface area contributed by atoms with E-state index in [9.17, 15) is 14.7 Å². The SMILES string of the molecule is CCOc1ccc([C@H]2/C(=C(\O)c3ccc4c(c3)C[C@@H](C)O4)C(=O)C(=O)N2CCOC)cc1OCC. The maximum Gasteiger partial charge on any atom is 0.295 e. The molecule has 2 aliphatic heterocycles. The van der Waals surface area contributed by atoms with Gasteiger partial charge in [-0.2, -0.15) is 0 Å². The second-order valence-electron chi connectivity index (χ2n) is 8.51. The first kappa shape index (κ1) is 24.6. The summed E-state index contributed by atoms with van der Waals surface area (Å²) in [6.07, 6.45) is 0.751. The molecule has 0 spiro atoms. The van der Waals surface area contributed by atoms with Crippen molar-refractivity contribution in [1.29, 1.82) is 0 Å². The highest BCUT2D eigenvalue weighted by molar-refractivity contribution is 6.46. The number of ketones is 1.